The van der Waals surface area contributed by atoms with Gasteiger partial charge in [-0.05, 0) is 31.4 Å². The summed E-state index contributed by atoms with van der Waals surface area (Å²) in [5.74, 6) is 0.952. The van der Waals surface area contributed by atoms with Crippen LogP contribution in [-0.2, 0) is 0 Å². The maximum Gasteiger partial charge on any atom is 0.260 e. The zero-order chi connectivity index (χ0) is 19.5. The van der Waals surface area contributed by atoms with E-state index in [0.29, 0.717) is 17.4 Å². The average molecular weight is 381 g/mol. The molecule has 7 nitrogen and oxygen atoms in total. The Bertz CT molecular complexity index is 842. The minimum atomic E-state index is -0.0368. The molecule has 2 aromatic rings. The predicted octanol–water partition coefficient (Wildman–Crippen LogP) is 2.36. The van der Waals surface area contributed by atoms with Crippen molar-refractivity contribution >= 4 is 17.5 Å². The highest BCUT2D eigenvalue weighted by molar-refractivity contribution is 5.96. The minimum absolute atomic E-state index is 0.0368. The largest absolute Gasteiger partial charge is 0.480 e. The van der Waals surface area contributed by atoms with E-state index in [9.17, 15) is 4.79 Å². The van der Waals surface area contributed by atoms with Gasteiger partial charge < -0.3 is 19.4 Å². The molecule has 1 amide bonds. The summed E-state index contributed by atoms with van der Waals surface area (Å²) in [4.78, 5) is 28.1. The van der Waals surface area contributed by atoms with Crippen LogP contribution in [0.25, 0.3) is 0 Å². The number of ether oxygens (including phenoxy) is 1. The molecular weight excluding hydrogens is 354 g/mol. The summed E-state index contributed by atoms with van der Waals surface area (Å²) < 4.78 is 5.43. The number of benzene rings is 1. The Balaban J connectivity index is 1.46. The third kappa shape index (κ3) is 3.61. The first kappa shape index (κ1) is 18.5. The Kier molecular flexibility index (Phi) is 5.32. The van der Waals surface area contributed by atoms with Gasteiger partial charge in [0.05, 0.1) is 7.11 Å². The van der Waals surface area contributed by atoms with Crippen LogP contribution in [0.1, 0.15) is 28.8 Å². The van der Waals surface area contributed by atoms with Crippen LogP contribution in [0.3, 0.4) is 0 Å². The molecule has 0 saturated carbocycles. The number of methoxy groups -OCH3 is 1. The van der Waals surface area contributed by atoms with E-state index in [1.165, 1.54) is 11.3 Å². The molecule has 3 heterocycles. The number of nitrogens with zero attached hydrogens (tertiary/aromatic N) is 5. The molecule has 0 N–H and O–H groups in total. The van der Waals surface area contributed by atoms with E-state index in [1.54, 1.807) is 13.3 Å². The Hall–Kier alpha value is -2.83. The first-order chi connectivity index (χ1) is 13.7. The van der Waals surface area contributed by atoms with Crippen molar-refractivity contribution in [3.63, 3.8) is 0 Å². The lowest BCUT2D eigenvalue weighted by molar-refractivity contribution is 0.0788. The molecule has 2 aliphatic heterocycles. The number of amides is 1. The summed E-state index contributed by atoms with van der Waals surface area (Å²) in [5.41, 5.74) is 3.03. The van der Waals surface area contributed by atoms with Gasteiger partial charge in [0, 0.05) is 51.2 Å². The van der Waals surface area contributed by atoms with Gasteiger partial charge >= 0.3 is 0 Å². The molecule has 0 unspecified atom stereocenters. The van der Waals surface area contributed by atoms with E-state index in [1.807, 2.05) is 4.90 Å². The van der Waals surface area contributed by atoms with Gasteiger partial charge in [0.15, 0.2) is 0 Å². The van der Waals surface area contributed by atoms with E-state index in [2.05, 4.69) is 51.0 Å². The molecule has 0 spiro atoms. The highest BCUT2D eigenvalue weighted by atomic mass is 16.5. The molecule has 2 saturated heterocycles. The normalized spacial score (nSPS) is 17.1. The van der Waals surface area contributed by atoms with Crippen molar-refractivity contribution < 1.29 is 9.53 Å². The molecule has 0 atom stereocenters. The predicted molar refractivity (Wildman–Crippen MR) is 109 cm³/mol. The number of piperazine rings is 1. The number of likely N-dealkylation sites (tertiary alicyclic amines) is 1. The second-order valence-electron chi connectivity index (χ2n) is 7.35. The first-order valence-electron chi connectivity index (χ1n) is 9.93. The molecule has 28 heavy (non-hydrogen) atoms. The molecular formula is C21H27N5O2. The Morgan fingerprint density at radius 2 is 1.68 bits per heavy atom. The topological polar surface area (TPSA) is 61.8 Å². The number of hydrogen-bond acceptors (Lipinski definition) is 6. The van der Waals surface area contributed by atoms with Gasteiger partial charge in [-0.1, -0.05) is 18.2 Å². The van der Waals surface area contributed by atoms with E-state index in [4.69, 9.17) is 4.74 Å². The standard InChI is InChI=1S/C21H27N5O2/c1-16-7-3-4-8-18(16)24-11-13-26(14-12-24)21-22-15-17(19(23-21)28-2)20(27)25-9-5-6-10-25/h3-4,7-8,15H,5-6,9-14H2,1-2H3. The van der Waals surface area contributed by atoms with Gasteiger partial charge in [-0.3, -0.25) is 4.79 Å². The van der Waals surface area contributed by atoms with Crippen LogP contribution in [0.5, 0.6) is 5.88 Å². The highest BCUT2D eigenvalue weighted by Gasteiger charge is 2.26. The molecule has 2 aliphatic rings. The number of carbonyl (C=O) groups excluding carboxylic acids is 1. The molecule has 2 fully saturated rings. The fourth-order valence-electron chi connectivity index (χ4n) is 3.97. The number of anilines is 2. The summed E-state index contributed by atoms with van der Waals surface area (Å²) >= 11 is 0. The van der Waals surface area contributed by atoms with E-state index >= 15 is 0 Å². The van der Waals surface area contributed by atoms with Crippen LogP contribution >= 0.6 is 0 Å². The van der Waals surface area contributed by atoms with Crippen molar-refractivity contribution in [2.45, 2.75) is 19.8 Å². The summed E-state index contributed by atoms with van der Waals surface area (Å²) in [5, 5.41) is 0. The molecule has 0 radical (unpaired) electrons. The lowest BCUT2D eigenvalue weighted by atomic mass is 10.1. The van der Waals surface area contributed by atoms with Gasteiger partial charge in [0.2, 0.25) is 11.8 Å². The van der Waals surface area contributed by atoms with Crippen molar-refractivity contribution in [3.8, 4) is 5.88 Å². The van der Waals surface area contributed by atoms with Crippen molar-refractivity contribution in [1.29, 1.82) is 0 Å². The van der Waals surface area contributed by atoms with Crippen LogP contribution in [-0.4, -0.2) is 67.2 Å². The maximum atomic E-state index is 12.7. The van der Waals surface area contributed by atoms with E-state index in [-0.39, 0.29) is 5.91 Å². The SMILES string of the molecule is COc1nc(N2CCN(c3ccccc3C)CC2)ncc1C(=O)N1CCCC1. The van der Waals surface area contributed by atoms with Crippen LogP contribution in [0, 0.1) is 6.92 Å². The smallest absolute Gasteiger partial charge is 0.260 e. The Morgan fingerprint density at radius 3 is 2.36 bits per heavy atom. The number of rotatable bonds is 4. The second kappa shape index (κ2) is 8.04. The fourth-order valence-corrected chi connectivity index (χ4v) is 3.97. The molecule has 0 aliphatic carbocycles. The number of aryl methyl sites for hydroxylation is 1. The molecule has 148 valence electrons. The Labute approximate surface area is 165 Å². The van der Waals surface area contributed by atoms with Crippen LogP contribution in [0.4, 0.5) is 11.6 Å². The molecule has 1 aromatic carbocycles. The lowest BCUT2D eigenvalue weighted by Gasteiger charge is -2.36. The van der Waals surface area contributed by atoms with Crippen LogP contribution < -0.4 is 14.5 Å². The third-order valence-electron chi connectivity index (χ3n) is 5.58. The Morgan fingerprint density at radius 1 is 1.00 bits per heavy atom. The van der Waals surface area contributed by atoms with Crippen molar-refractivity contribution in [1.82, 2.24) is 14.9 Å². The summed E-state index contributed by atoms with van der Waals surface area (Å²) in [6, 6.07) is 8.47. The summed E-state index contributed by atoms with van der Waals surface area (Å²) in [6.07, 6.45) is 3.73. The lowest BCUT2D eigenvalue weighted by Crippen LogP contribution is -2.47. The summed E-state index contributed by atoms with van der Waals surface area (Å²) in [7, 11) is 1.56. The van der Waals surface area contributed by atoms with Gasteiger partial charge in [0.1, 0.15) is 5.56 Å². The first-order valence-corrected chi connectivity index (χ1v) is 9.93. The second-order valence-corrected chi connectivity index (χ2v) is 7.35. The number of aromatic nitrogens is 2. The van der Waals surface area contributed by atoms with Gasteiger partial charge in [-0.2, -0.15) is 4.98 Å². The zero-order valence-electron chi connectivity index (χ0n) is 16.6. The molecule has 0 bridgehead atoms. The van der Waals surface area contributed by atoms with Gasteiger partial charge in [0.25, 0.3) is 5.91 Å². The monoisotopic (exact) mass is 381 g/mol. The quantitative estimate of drug-likeness (QED) is 0.810. The van der Waals surface area contributed by atoms with Crippen molar-refractivity contribution in [3.05, 3.63) is 41.6 Å². The molecule has 7 heteroatoms. The summed E-state index contributed by atoms with van der Waals surface area (Å²) in [6.45, 7) is 7.21. The number of hydrogen-bond donors (Lipinski definition) is 0. The third-order valence-corrected chi connectivity index (χ3v) is 5.58. The van der Waals surface area contributed by atoms with Crippen LogP contribution in [0.2, 0.25) is 0 Å². The minimum Gasteiger partial charge on any atom is -0.480 e. The van der Waals surface area contributed by atoms with Gasteiger partial charge in [-0.25, -0.2) is 4.98 Å². The van der Waals surface area contributed by atoms with Crippen molar-refractivity contribution in [2.24, 2.45) is 0 Å². The maximum absolute atomic E-state index is 12.7. The molecule has 1 aromatic heterocycles. The number of para-hydroxylation sites is 1. The van der Waals surface area contributed by atoms with Crippen molar-refractivity contribution in [2.75, 3.05) is 56.2 Å². The fraction of sp³-hybridized carbons (Fsp3) is 0.476. The number of carbonyl (C=O) groups is 1. The van der Waals surface area contributed by atoms with E-state index in [0.717, 1.165) is 52.1 Å². The van der Waals surface area contributed by atoms with E-state index < -0.39 is 0 Å². The van der Waals surface area contributed by atoms with Gasteiger partial charge in [-0.15, -0.1) is 0 Å². The average Bonchev–Trinajstić information content (AvgIpc) is 3.28. The zero-order valence-corrected chi connectivity index (χ0v) is 16.6. The highest BCUT2D eigenvalue weighted by Crippen LogP contribution is 2.25. The van der Waals surface area contributed by atoms with Crippen LogP contribution in [0.15, 0.2) is 30.5 Å². The molecule has 4 rings (SSSR count).